The molecule has 1 unspecified atom stereocenters. The molecule has 7 heteroatoms. The van der Waals surface area contributed by atoms with Crippen LogP contribution in [0.1, 0.15) is 6.92 Å². The number of nitrogens with zero attached hydrogens (tertiary/aromatic N) is 2. The average Bonchev–Trinajstić information content (AvgIpc) is 2.54. The molecule has 1 amide bonds. The summed E-state index contributed by atoms with van der Waals surface area (Å²) in [6, 6.07) is 9.54. The number of benzene rings is 1. The van der Waals surface area contributed by atoms with Gasteiger partial charge in [-0.15, -0.1) is 12.4 Å². The Balaban J connectivity index is 0.00000242. The molecular weight excluding hydrogens is 324 g/mol. The van der Waals surface area contributed by atoms with Gasteiger partial charge >= 0.3 is 6.09 Å². The number of hydrogen-bond donors (Lipinski definition) is 0. The number of piperazine rings is 1. The molecule has 124 valence electrons. The van der Waals surface area contributed by atoms with Crippen molar-refractivity contribution in [2.24, 2.45) is 0 Å². The normalized spacial score (nSPS) is 16.7. The van der Waals surface area contributed by atoms with Crippen molar-refractivity contribution in [3.05, 3.63) is 30.3 Å². The predicted molar refractivity (Wildman–Crippen MR) is 90.0 cm³/mol. The van der Waals surface area contributed by atoms with Crippen molar-refractivity contribution in [1.82, 2.24) is 9.80 Å². The quantitative estimate of drug-likeness (QED) is 0.818. The summed E-state index contributed by atoms with van der Waals surface area (Å²) in [4.78, 5) is 16.4. The van der Waals surface area contributed by atoms with Gasteiger partial charge in [0, 0.05) is 43.4 Å². The second-order valence-electron chi connectivity index (χ2n) is 4.89. The van der Waals surface area contributed by atoms with Gasteiger partial charge in [0.25, 0.3) is 0 Å². The van der Waals surface area contributed by atoms with E-state index in [0.717, 1.165) is 24.5 Å². The highest BCUT2D eigenvalue weighted by Gasteiger charge is 2.21. The largest absolute Gasteiger partial charge is 0.450 e. The van der Waals surface area contributed by atoms with Gasteiger partial charge in [0.05, 0.1) is 17.4 Å². The molecule has 0 radical (unpaired) electrons. The van der Waals surface area contributed by atoms with Gasteiger partial charge in [-0.1, -0.05) is 18.2 Å². The molecule has 0 saturated carbocycles. The average molecular weight is 347 g/mol. The highest BCUT2D eigenvalue weighted by molar-refractivity contribution is 7.85. The molecule has 1 aromatic carbocycles. The number of amides is 1. The topological polar surface area (TPSA) is 49.9 Å². The molecule has 0 spiro atoms. The first-order chi connectivity index (χ1) is 10.2. The summed E-state index contributed by atoms with van der Waals surface area (Å²) in [5, 5.41) is 0. The molecule has 1 saturated heterocycles. The van der Waals surface area contributed by atoms with E-state index in [1.54, 1.807) is 4.90 Å². The van der Waals surface area contributed by atoms with E-state index in [1.807, 2.05) is 37.3 Å². The van der Waals surface area contributed by atoms with Crippen LogP contribution in [0.3, 0.4) is 0 Å². The zero-order chi connectivity index (χ0) is 15.1. The molecule has 0 aliphatic carbocycles. The van der Waals surface area contributed by atoms with Crippen molar-refractivity contribution in [1.29, 1.82) is 0 Å². The van der Waals surface area contributed by atoms with E-state index in [9.17, 15) is 9.00 Å². The molecular formula is C15H23ClN2O3S. The number of rotatable bonds is 5. The summed E-state index contributed by atoms with van der Waals surface area (Å²) in [5.41, 5.74) is 0. The fourth-order valence-electron chi connectivity index (χ4n) is 2.27. The Bertz CT molecular complexity index is 479. The van der Waals surface area contributed by atoms with Crippen molar-refractivity contribution in [3.8, 4) is 0 Å². The van der Waals surface area contributed by atoms with Crippen LogP contribution in [-0.4, -0.2) is 65.2 Å². The van der Waals surface area contributed by atoms with Crippen molar-refractivity contribution in [2.45, 2.75) is 11.8 Å². The lowest BCUT2D eigenvalue weighted by Gasteiger charge is -2.33. The van der Waals surface area contributed by atoms with Crippen LogP contribution in [0.25, 0.3) is 0 Å². The van der Waals surface area contributed by atoms with Gasteiger partial charge in [0.1, 0.15) is 0 Å². The fourth-order valence-corrected chi connectivity index (χ4v) is 3.39. The molecule has 0 bridgehead atoms. The number of ether oxygens (including phenoxy) is 1. The van der Waals surface area contributed by atoms with E-state index in [0.29, 0.717) is 25.4 Å². The minimum absolute atomic E-state index is 0. The second-order valence-corrected chi connectivity index (χ2v) is 6.46. The van der Waals surface area contributed by atoms with Crippen LogP contribution in [0, 0.1) is 0 Å². The van der Waals surface area contributed by atoms with E-state index in [-0.39, 0.29) is 18.5 Å². The maximum atomic E-state index is 12.1. The Kier molecular flexibility index (Phi) is 8.45. The third-order valence-corrected chi connectivity index (χ3v) is 4.85. The zero-order valence-electron chi connectivity index (χ0n) is 12.8. The minimum Gasteiger partial charge on any atom is -0.450 e. The first-order valence-electron chi connectivity index (χ1n) is 7.28. The first kappa shape index (κ1) is 18.9. The maximum absolute atomic E-state index is 12.1. The van der Waals surface area contributed by atoms with E-state index in [1.165, 1.54) is 0 Å². The highest BCUT2D eigenvalue weighted by Crippen LogP contribution is 2.08. The van der Waals surface area contributed by atoms with E-state index in [4.69, 9.17) is 4.74 Å². The lowest BCUT2D eigenvalue weighted by molar-refractivity contribution is 0.0812. The summed E-state index contributed by atoms with van der Waals surface area (Å²) in [7, 11) is -0.953. The standard InChI is InChI=1S/C15H22N2O3S.ClH/c1-2-20-15(18)17-10-8-16(9-11-17)12-13-21(19)14-6-4-3-5-7-14;/h3-7H,2,8-13H2,1H3;1H. The van der Waals surface area contributed by atoms with Gasteiger partial charge in [-0.3, -0.25) is 9.11 Å². The third-order valence-electron chi connectivity index (χ3n) is 3.50. The van der Waals surface area contributed by atoms with Crippen LogP contribution in [-0.2, 0) is 15.5 Å². The molecule has 1 aliphatic rings. The summed E-state index contributed by atoms with van der Waals surface area (Å²) in [5.74, 6) is 0.628. The predicted octanol–water partition coefficient (Wildman–Crippen LogP) is 1.99. The van der Waals surface area contributed by atoms with Gasteiger partial charge < -0.3 is 9.64 Å². The van der Waals surface area contributed by atoms with Crippen molar-refractivity contribution in [3.63, 3.8) is 0 Å². The van der Waals surface area contributed by atoms with Gasteiger partial charge in [0.15, 0.2) is 0 Å². The molecule has 1 atom stereocenters. The lowest BCUT2D eigenvalue weighted by atomic mass is 10.3. The van der Waals surface area contributed by atoms with E-state index >= 15 is 0 Å². The first-order valence-corrected chi connectivity index (χ1v) is 8.60. The zero-order valence-corrected chi connectivity index (χ0v) is 14.4. The molecule has 1 fully saturated rings. The maximum Gasteiger partial charge on any atom is 0.409 e. The Labute approximate surface area is 140 Å². The summed E-state index contributed by atoms with van der Waals surface area (Å²) in [6.07, 6.45) is -0.231. The fraction of sp³-hybridized carbons (Fsp3) is 0.533. The number of carbonyl (C=O) groups excluding carboxylic acids is 1. The van der Waals surface area contributed by atoms with Crippen LogP contribution in [0.15, 0.2) is 35.2 Å². The Morgan fingerprint density at radius 3 is 2.41 bits per heavy atom. The van der Waals surface area contributed by atoms with Crippen LogP contribution in [0.2, 0.25) is 0 Å². The van der Waals surface area contributed by atoms with Gasteiger partial charge in [-0.25, -0.2) is 4.79 Å². The van der Waals surface area contributed by atoms with Crippen molar-refractivity contribution in [2.75, 3.05) is 45.1 Å². The van der Waals surface area contributed by atoms with Crippen LogP contribution in [0.4, 0.5) is 4.79 Å². The Hall–Kier alpha value is -1.11. The summed E-state index contributed by atoms with van der Waals surface area (Å²) < 4.78 is 17.1. The molecule has 22 heavy (non-hydrogen) atoms. The monoisotopic (exact) mass is 346 g/mol. The van der Waals surface area contributed by atoms with E-state index in [2.05, 4.69) is 4.90 Å². The molecule has 1 aromatic rings. The van der Waals surface area contributed by atoms with Crippen molar-refractivity contribution < 1.29 is 13.7 Å². The van der Waals surface area contributed by atoms with Gasteiger partial charge in [0.2, 0.25) is 0 Å². The molecule has 0 aromatic heterocycles. The number of carbonyl (C=O) groups is 1. The van der Waals surface area contributed by atoms with Crippen molar-refractivity contribution >= 4 is 29.3 Å². The Morgan fingerprint density at radius 2 is 1.82 bits per heavy atom. The number of halogens is 1. The summed E-state index contributed by atoms with van der Waals surface area (Å²) >= 11 is 0. The summed E-state index contributed by atoms with van der Waals surface area (Å²) in [6.45, 7) is 5.99. The minimum atomic E-state index is -0.953. The smallest absolute Gasteiger partial charge is 0.409 e. The third kappa shape index (κ3) is 5.59. The lowest BCUT2D eigenvalue weighted by Crippen LogP contribution is -2.49. The molecule has 1 aliphatic heterocycles. The molecule has 0 N–H and O–H groups in total. The second kappa shape index (κ2) is 9.82. The van der Waals surface area contributed by atoms with Crippen LogP contribution in [0.5, 0.6) is 0 Å². The Morgan fingerprint density at radius 1 is 1.18 bits per heavy atom. The van der Waals surface area contributed by atoms with Gasteiger partial charge in [-0.05, 0) is 19.1 Å². The molecule has 2 rings (SSSR count). The molecule has 5 nitrogen and oxygen atoms in total. The highest BCUT2D eigenvalue weighted by atomic mass is 35.5. The van der Waals surface area contributed by atoms with Gasteiger partial charge in [-0.2, -0.15) is 0 Å². The van der Waals surface area contributed by atoms with E-state index < -0.39 is 10.8 Å². The number of hydrogen-bond acceptors (Lipinski definition) is 4. The van der Waals surface area contributed by atoms with Crippen LogP contribution >= 0.6 is 12.4 Å². The SMILES string of the molecule is CCOC(=O)N1CCN(CCS(=O)c2ccccc2)CC1.Cl. The molecule has 1 heterocycles. The van der Waals surface area contributed by atoms with Crippen LogP contribution < -0.4 is 0 Å².